The molecule has 0 N–H and O–H groups in total. The number of hydrogen-bond acceptors (Lipinski definition) is 0. The van der Waals surface area contributed by atoms with Crippen molar-refractivity contribution in [2.24, 2.45) is 0 Å². The molecule has 2 atom stereocenters. The Labute approximate surface area is 138 Å². The van der Waals surface area contributed by atoms with Gasteiger partial charge in [0, 0.05) is 11.8 Å². The van der Waals surface area contributed by atoms with Gasteiger partial charge in [0.1, 0.15) is 0 Å². The fourth-order valence-electron chi connectivity index (χ4n) is 4.45. The minimum absolute atomic E-state index is 0.447. The largest absolute Gasteiger partial charge is 0.102 e. The maximum Gasteiger partial charge on any atom is 0.00299 e. The lowest BCUT2D eigenvalue weighted by Gasteiger charge is -2.18. The van der Waals surface area contributed by atoms with E-state index >= 15 is 0 Å². The van der Waals surface area contributed by atoms with Crippen LogP contribution in [0.2, 0.25) is 0 Å². The molecule has 0 spiro atoms. The third kappa shape index (κ3) is 1.91. The quantitative estimate of drug-likeness (QED) is 0.371. The fourth-order valence-corrected chi connectivity index (χ4v) is 4.45. The lowest BCUT2D eigenvalue weighted by Crippen LogP contribution is -1.99. The van der Waals surface area contributed by atoms with Crippen LogP contribution in [-0.4, -0.2) is 0 Å². The van der Waals surface area contributed by atoms with Gasteiger partial charge in [0.2, 0.25) is 0 Å². The molecule has 0 heteroatoms. The van der Waals surface area contributed by atoms with Crippen molar-refractivity contribution in [2.75, 3.05) is 0 Å². The standard InChI is InChI=1S/C23H22/c1-5-16-11-17(6-2)23-15(4)21-13-19-10-8-7-9-18(19)12-20(21)14(3)22(16)23/h5-10,12-13,16-17H,1-2,11H2,3-4H3. The average Bonchev–Trinajstić information content (AvgIpc) is 2.97. The molecule has 3 aromatic carbocycles. The third-order valence-corrected chi connectivity index (χ3v) is 5.61. The first-order valence-corrected chi connectivity index (χ1v) is 8.36. The molecule has 114 valence electrons. The molecule has 0 radical (unpaired) electrons. The van der Waals surface area contributed by atoms with Crippen molar-refractivity contribution in [1.82, 2.24) is 0 Å². The van der Waals surface area contributed by atoms with Crippen molar-refractivity contribution < 1.29 is 0 Å². The van der Waals surface area contributed by atoms with Crippen LogP contribution in [0.5, 0.6) is 0 Å². The molecule has 0 nitrogen and oxygen atoms in total. The Kier molecular flexibility index (Phi) is 3.16. The van der Waals surface area contributed by atoms with Crippen LogP contribution in [0.4, 0.5) is 0 Å². The number of fused-ring (bicyclic) bond motifs is 3. The Hall–Kier alpha value is -2.34. The van der Waals surface area contributed by atoms with Crippen molar-refractivity contribution in [1.29, 1.82) is 0 Å². The van der Waals surface area contributed by atoms with Crippen molar-refractivity contribution in [3.63, 3.8) is 0 Å². The molecule has 23 heavy (non-hydrogen) atoms. The Morgan fingerprint density at radius 2 is 1.26 bits per heavy atom. The first-order chi connectivity index (χ1) is 11.2. The van der Waals surface area contributed by atoms with Gasteiger partial charge in [-0.25, -0.2) is 0 Å². The summed E-state index contributed by atoms with van der Waals surface area (Å²) in [6.45, 7) is 12.7. The van der Waals surface area contributed by atoms with Crippen LogP contribution in [0.25, 0.3) is 21.5 Å². The van der Waals surface area contributed by atoms with Crippen LogP contribution in [-0.2, 0) is 0 Å². The van der Waals surface area contributed by atoms with Gasteiger partial charge in [-0.15, -0.1) is 13.2 Å². The summed E-state index contributed by atoms with van der Waals surface area (Å²) in [5.74, 6) is 0.894. The zero-order valence-electron chi connectivity index (χ0n) is 13.9. The first-order valence-electron chi connectivity index (χ1n) is 8.36. The Morgan fingerprint density at radius 1 is 0.826 bits per heavy atom. The molecule has 1 aliphatic rings. The summed E-state index contributed by atoms with van der Waals surface area (Å²) in [7, 11) is 0. The highest BCUT2D eigenvalue weighted by Gasteiger charge is 2.31. The van der Waals surface area contributed by atoms with E-state index in [0.717, 1.165) is 6.42 Å². The van der Waals surface area contributed by atoms with E-state index in [0.29, 0.717) is 11.8 Å². The Balaban J connectivity index is 2.17. The summed E-state index contributed by atoms with van der Waals surface area (Å²) in [6, 6.07) is 13.3. The zero-order chi connectivity index (χ0) is 16.1. The molecular weight excluding hydrogens is 276 g/mol. The van der Waals surface area contributed by atoms with Crippen LogP contribution in [0.15, 0.2) is 61.7 Å². The first kappa shape index (κ1) is 14.3. The molecule has 0 saturated heterocycles. The smallest absolute Gasteiger partial charge is 0.00299 e. The summed E-state index contributed by atoms with van der Waals surface area (Å²) in [5.41, 5.74) is 5.82. The maximum atomic E-state index is 4.08. The third-order valence-electron chi connectivity index (χ3n) is 5.61. The van der Waals surface area contributed by atoms with Gasteiger partial charge in [0.15, 0.2) is 0 Å². The fraction of sp³-hybridized carbons (Fsp3) is 0.217. The molecule has 0 aliphatic heterocycles. The monoisotopic (exact) mass is 298 g/mol. The van der Waals surface area contributed by atoms with Crippen molar-refractivity contribution >= 4 is 21.5 Å². The Bertz CT molecular complexity index is 881. The van der Waals surface area contributed by atoms with Crippen molar-refractivity contribution in [2.45, 2.75) is 32.1 Å². The molecule has 0 fully saturated rings. The predicted octanol–water partition coefficient (Wildman–Crippen LogP) is 6.55. The van der Waals surface area contributed by atoms with E-state index in [2.05, 4.69) is 75.6 Å². The lowest BCUT2D eigenvalue weighted by molar-refractivity contribution is 0.749. The van der Waals surface area contributed by atoms with Gasteiger partial charge in [-0.3, -0.25) is 0 Å². The van der Waals surface area contributed by atoms with E-state index in [4.69, 9.17) is 0 Å². The second-order valence-corrected chi connectivity index (χ2v) is 6.74. The summed E-state index contributed by atoms with van der Waals surface area (Å²) in [4.78, 5) is 0. The van der Waals surface area contributed by atoms with E-state index in [1.807, 2.05) is 0 Å². The predicted molar refractivity (Wildman–Crippen MR) is 101 cm³/mol. The van der Waals surface area contributed by atoms with Gasteiger partial charge in [0.25, 0.3) is 0 Å². The number of benzene rings is 3. The second-order valence-electron chi connectivity index (χ2n) is 6.74. The van der Waals surface area contributed by atoms with Crippen LogP contribution < -0.4 is 0 Å². The molecule has 2 unspecified atom stereocenters. The van der Waals surface area contributed by atoms with Crippen LogP contribution >= 0.6 is 0 Å². The highest BCUT2D eigenvalue weighted by Crippen LogP contribution is 2.49. The topological polar surface area (TPSA) is 0 Å². The van der Waals surface area contributed by atoms with Crippen molar-refractivity contribution in [3.05, 3.63) is 84.0 Å². The van der Waals surface area contributed by atoms with Crippen LogP contribution in [0.3, 0.4) is 0 Å². The zero-order valence-corrected chi connectivity index (χ0v) is 13.9. The molecule has 0 aromatic heterocycles. The molecular formula is C23H22. The maximum absolute atomic E-state index is 4.08. The van der Waals surface area contributed by atoms with Crippen molar-refractivity contribution in [3.8, 4) is 0 Å². The van der Waals surface area contributed by atoms with Crippen LogP contribution in [0.1, 0.15) is 40.5 Å². The van der Waals surface area contributed by atoms with E-state index < -0.39 is 0 Å². The van der Waals surface area contributed by atoms with Gasteiger partial charge in [-0.2, -0.15) is 0 Å². The van der Waals surface area contributed by atoms with Gasteiger partial charge in [0.05, 0.1) is 0 Å². The van der Waals surface area contributed by atoms with Gasteiger partial charge < -0.3 is 0 Å². The Morgan fingerprint density at radius 3 is 1.65 bits per heavy atom. The normalized spacial score (nSPS) is 19.9. The molecule has 1 aliphatic carbocycles. The summed E-state index contributed by atoms with van der Waals surface area (Å²) in [6.07, 6.45) is 5.34. The van der Waals surface area contributed by atoms with E-state index in [-0.39, 0.29) is 0 Å². The molecule has 0 heterocycles. The molecule has 3 aromatic rings. The van der Waals surface area contributed by atoms with E-state index in [1.54, 1.807) is 0 Å². The average molecular weight is 298 g/mol. The number of rotatable bonds is 2. The highest BCUT2D eigenvalue weighted by atomic mass is 14.4. The van der Waals surface area contributed by atoms with E-state index in [9.17, 15) is 0 Å². The van der Waals surface area contributed by atoms with Crippen LogP contribution in [0, 0.1) is 13.8 Å². The van der Waals surface area contributed by atoms with Gasteiger partial charge in [-0.1, -0.05) is 36.4 Å². The minimum Gasteiger partial charge on any atom is -0.102 e. The summed E-state index contributed by atoms with van der Waals surface area (Å²) >= 11 is 0. The number of allylic oxidation sites excluding steroid dienone is 2. The van der Waals surface area contributed by atoms with E-state index in [1.165, 1.54) is 43.8 Å². The SMILES string of the molecule is C=CC1CC(C=C)c2c1c(C)c1cc3ccccc3cc1c2C. The molecule has 0 amide bonds. The highest BCUT2D eigenvalue weighted by molar-refractivity contribution is 6.02. The van der Waals surface area contributed by atoms with Gasteiger partial charge >= 0.3 is 0 Å². The second kappa shape index (κ2) is 5.09. The molecule has 4 rings (SSSR count). The molecule has 0 saturated carbocycles. The minimum atomic E-state index is 0.447. The summed E-state index contributed by atoms with van der Waals surface area (Å²) < 4.78 is 0. The number of hydrogen-bond donors (Lipinski definition) is 0. The molecule has 0 bridgehead atoms. The van der Waals surface area contributed by atoms with Gasteiger partial charge in [-0.05, 0) is 76.2 Å². The number of aryl methyl sites for hydroxylation is 2. The lowest BCUT2D eigenvalue weighted by atomic mass is 9.86. The summed E-state index contributed by atoms with van der Waals surface area (Å²) in [5, 5.41) is 5.40.